The monoisotopic (exact) mass is 170 g/mol. The van der Waals surface area contributed by atoms with E-state index in [4.69, 9.17) is 0 Å². The van der Waals surface area contributed by atoms with Crippen molar-refractivity contribution in [2.24, 2.45) is 5.92 Å². The number of rotatable bonds is 2. The van der Waals surface area contributed by atoms with Crippen LogP contribution in [0.4, 0.5) is 0 Å². The molecule has 1 aliphatic heterocycles. The van der Waals surface area contributed by atoms with Crippen molar-refractivity contribution >= 4 is 11.7 Å². The smallest absolute Gasteiger partial charge is 0.287 e. The second-order valence-corrected chi connectivity index (χ2v) is 2.99. The van der Waals surface area contributed by atoms with Gasteiger partial charge in [0.1, 0.15) is 0 Å². The second-order valence-electron chi connectivity index (χ2n) is 2.99. The molecule has 1 saturated heterocycles. The van der Waals surface area contributed by atoms with Gasteiger partial charge in [0, 0.05) is 19.5 Å². The van der Waals surface area contributed by atoms with Crippen molar-refractivity contribution in [3.8, 4) is 0 Å². The fourth-order valence-corrected chi connectivity index (χ4v) is 1.38. The number of likely N-dealkylation sites (N-methyl/N-ethyl adjacent to an activating group) is 1. The number of ketones is 1. The van der Waals surface area contributed by atoms with E-state index < -0.39 is 5.91 Å². The minimum Gasteiger partial charge on any atom is -0.353 e. The van der Waals surface area contributed by atoms with Crippen LogP contribution in [0.3, 0.4) is 0 Å². The highest BCUT2D eigenvalue weighted by Crippen LogP contribution is 2.10. The third-order valence-corrected chi connectivity index (χ3v) is 2.12. The number of Topliss-reactive ketones (excluding diaryl/α,β-unsaturated/α-hetero) is 1. The van der Waals surface area contributed by atoms with Gasteiger partial charge in [0.05, 0.1) is 0 Å². The molecular formula is C8H14N2O2. The second kappa shape index (κ2) is 4.21. The molecule has 1 rings (SSSR count). The average Bonchev–Trinajstić information content (AvgIpc) is 2.17. The highest BCUT2D eigenvalue weighted by atomic mass is 16.2. The number of hydrogen-bond acceptors (Lipinski definition) is 3. The first kappa shape index (κ1) is 9.19. The molecule has 0 aromatic heterocycles. The Bertz CT molecular complexity index is 185. The molecule has 1 heterocycles. The number of piperidine rings is 1. The van der Waals surface area contributed by atoms with Crippen LogP contribution in [0, 0.1) is 5.92 Å². The molecule has 0 aromatic carbocycles. The number of carbonyl (C=O) groups is 2. The van der Waals surface area contributed by atoms with E-state index in [2.05, 4.69) is 10.6 Å². The van der Waals surface area contributed by atoms with Gasteiger partial charge in [-0.25, -0.2) is 0 Å². The maximum atomic E-state index is 11.3. The largest absolute Gasteiger partial charge is 0.353 e. The van der Waals surface area contributed by atoms with Gasteiger partial charge < -0.3 is 10.6 Å². The average molecular weight is 170 g/mol. The molecule has 0 spiro atoms. The van der Waals surface area contributed by atoms with E-state index in [1.807, 2.05) is 0 Å². The first-order chi connectivity index (χ1) is 5.75. The third-order valence-electron chi connectivity index (χ3n) is 2.12. The first-order valence-electron chi connectivity index (χ1n) is 4.22. The van der Waals surface area contributed by atoms with Crippen LogP contribution in [0.1, 0.15) is 12.8 Å². The summed E-state index contributed by atoms with van der Waals surface area (Å²) in [5, 5.41) is 5.44. The van der Waals surface area contributed by atoms with Crippen molar-refractivity contribution < 1.29 is 9.59 Å². The molecule has 1 atom stereocenters. The van der Waals surface area contributed by atoms with Crippen molar-refractivity contribution in [3.05, 3.63) is 0 Å². The summed E-state index contributed by atoms with van der Waals surface area (Å²) < 4.78 is 0. The van der Waals surface area contributed by atoms with Crippen molar-refractivity contribution in [3.63, 3.8) is 0 Å². The summed E-state index contributed by atoms with van der Waals surface area (Å²) in [4.78, 5) is 22.2. The number of carbonyl (C=O) groups excluding carboxylic acids is 2. The zero-order valence-electron chi connectivity index (χ0n) is 7.22. The summed E-state index contributed by atoms with van der Waals surface area (Å²) in [5.41, 5.74) is 0. The lowest BCUT2D eigenvalue weighted by molar-refractivity contribution is -0.140. The molecule has 4 nitrogen and oxygen atoms in total. The molecule has 0 saturated carbocycles. The standard InChI is InChI=1S/C8H14N2O2/c1-9-8(12)7(11)6-3-2-4-10-5-6/h6,10H,2-5H2,1H3,(H,9,12). The van der Waals surface area contributed by atoms with Gasteiger partial charge in [-0.05, 0) is 19.4 Å². The van der Waals surface area contributed by atoms with Crippen LogP contribution in [0.5, 0.6) is 0 Å². The van der Waals surface area contributed by atoms with Crippen LogP contribution < -0.4 is 10.6 Å². The molecule has 4 heteroatoms. The summed E-state index contributed by atoms with van der Waals surface area (Å²) in [7, 11) is 1.48. The van der Waals surface area contributed by atoms with Gasteiger partial charge in [-0.3, -0.25) is 9.59 Å². The molecule has 0 radical (unpaired) electrons. The Labute approximate surface area is 71.7 Å². The summed E-state index contributed by atoms with van der Waals surface area (Å²) in [6, 6.07) is 0. The molecule has 2 N–H and O–H groups in total. The lowest BCUT2D eigenvalue weighted by Gasteiger charge is -2.20. The number of amides is 1. The molecule has 1 fully saturated rings. The van der Waals surface area contributed by atoms with Crippen LogP contribution >= 0.6 is 0 Å². The summed E-state index contributed by atoms with van der Waals surface area (Å²) in [5.74, 6) is -0.868. The number of hydrogen-bond donors (Lipinski definition) is 2. The normalized spacial score (nSPS) is 23.2. The van der Waals surface area contributed by atoms with Gasteiger partial charge in [0.2, 0.25) is 5.78 Å². The molecule has 12 heavy (non-hydrogen) atoms. The Kier molecular flexibility index (Phi) is 3.22. The predicted octanol–water partition coefficient (Wildman–Crippen LogP) is -0.699. The molecule has 0 aliphatic carbocycles. The molecule has 0 bridgehead atoms. The van der Waals surface area contributed by atoms with Gasteiger partial charge in [-0.15, -0.1) is 0 Å². The van der Waals surface area contributed by atoms with E-state index in [1.54, 1.807) is 0 Å². The summed E-state index contributed by atoms with van der Waals surface area (Å²) >= 11 is 0. The molecule has 0 aromatic rings. The Hall–Kier alpha value is -0.900. The fourth-order valence-electron chi connectivity index (χ4n) is 1.38. The molecule has 68 valence electrons. The molecular weight excluding hydrogens is 156 g/mol. The van der Waals surface area contributed by atoms with E-state index >= 15 is 0 Å². The van der Waals surface area contributed by atoms with Crippen molar-refractivity contribution in [2.75, 3.05) is 20.1 Å². The SMILES string of the molecule is CNC(=O)C(=O)C1CCCNC1. The van der Waals surface area contributed by atoms with Crippen molar-refractivity contribution in [1.29, 1.82) is 0 Å². The zero-order chi connectivity index (χ0) is 8.97. The van der Waals surface area contributed by atoms with Gasteiger partial charge >= 0.3 is 0 Å². The fraction of sp³-hybridized carbons (Fsp3) is 0.750. The molecule has 1 unspecified atom stereocenters. The van der Waals surface area contributed by atoms with Gasteiger partial charge in [-0.1, -0.05) is 0 Å². The van der Waals surface area contributed by atoms with Gasteiger partial charge in [0.15, 0.2) is 0 Å². The maximum absolute atomic E-state index is 11.3. The predicted molar refractivity (Wildman–Crippen MR) is 44.7 cm³/mol. The van der Waals surface area contributed by atoms with Crippen LogP contribution in [-0.2, 0) is 9.59 Å². The zero-order valence-corrected chi connectivity index (χ0v) is 7.22. The Balaban J connectivity index is 2.45. The Morgan fingerprint density at radius 2 is 2.25 bits per heavy atom. The highest BCUT2D eigenvalue weighted by molar-refractivity contribution is 6.36. The summed E-state index contributed by atoms with van der Waals surface area (Å²) in [6.07, 6.45) is 1.81. The van der Waals surface area contributed by atoms with Crippen molar-refractivity contribution in [2.45, 2.75) is 12.8 Å². The Morgan fingerprint density at radius 1 is 1.50 bits per heavy atom. The van der Waals surface area contributed by atoms with E-state index in [1.165, 1.54) is 7.05 Å². The van der Waals surface area contributed by atoms with Gasteiger partial charge in [-0.2, -0.15) is 0 Å². The van der Waals surface area contributed by atoms with Crippen molar-refractivity contribution in [1.82, 2.24) is 10.6 Å². The highest BCUT2D eigenvalue weighted by Gasteiger charge is 2.25. The quantitative estimate of drug-likeness (QED) is 0.539. The van der Waals surface area contributed by atoms with E-state index in [0.717, 1.165) is 19.4 Å². The molecule has 1 aliphatic rings. The Morgan fingerprint density at radius 3 is 2.75 bits per heavy atom. The van der Waals surface area contributed by atoms with E-state index in [-0.39, 0.29) is 11.7 Å². The van der Waals surface area contributed by atoms with E-state index in [9.17, 15) is 9.59 Å². The minimum absolute atomic E-state index is 0.112. The maximum Gasteiger partial charge on any atom is 0.287 e. The van der Waals surface area contributed by atoms with Crippen LogP contribution in [0.2, 0.25) is 0 Å². The first-order valence-corrected chi connectivity index (χ1v) is 4.22. The van der Waals surface area contributed by atoms with E-state index in [0.29, 0.717) is 6.54 Å². The third kappa shape index (κ3) is 2.04. The summed E-state index contributed by atoms with van der Waals surface area (Å²) in [6.45, 7) is 1.60. The number of nitrogens with one attached hydrogen (secondary N) is 2. The topological polar surface area (TPSA) is 58.2 Å². The lowest BCUT2D eigenvalue weighted by Crippen LogP contribution is -2.40. The minimum atomic E-state index is -0.469. The van der Waals surface area contributed by atoms with Crippen LogP contribution in [0.25, 0.3) is 0 Å². The van der Waals surface area contributed by atoms with Gasteiger partial charge in [0.25, 0.3) is 5.91 Å². The van der Waals surface area contributed by atoms with Crippen LogP contribution in [-0.4, -0.2) is 31.8 Å². The molecule has 1 amide bonds. The lowest BCUT2D eigenvalue weighted by atomic mass is 9.95. The van der Waals surface area contributed by atoms with Crippen LogP contribution in [0.15, 0.2) is 0 Å².